The maximum atomic E-state index is 12.9. The molecule has 0 aliphatic heterocycles. The second kappa shape index (κ2) is 10.2. The molecule has 0 radical (unpaired) electrons. The lowest BCUT2D eigenvalue weighted by Crippen LogP contribution is -2.39. The Morgan fingerprint density at radius 3 is 2.41 bits per heavy atom. The van der Waals surface area contributed by atoms with Crippen molar-refractivity contribution in [3.05, 3.63) is 54.1 Å². The summed E-state index contributed by atoms with van der Waals surface area (Å²) in [7, 11) is 5.10. The van der Waals surface area contributed by atoms with Crippen LogP contribution in [0.4, 0.5) is 5.69 Å². The van der Waals surface area contributed by atoms with Gasteiger partial charge in [0.05, 0.1) is 38.9 Å². The highest BCUT2D eigenvalue weighted by Crippen LogP contribution is 2.28. The fraction of sp³-hybridized carbons (Fsp3) is 0.333. The van der Waals surface area contributed by atoms with E-state index in [1.807, 2.05) is 60.5 Å². The number of ether oxygens (including phenoxy) is 2. The zero-order valence-corrected chi connectivity index (χ0v) is 16.0. The molecule has 0 spiro atoms. The fourth-order valence-electron chi connectivity index (χ4n) is 2.81. The molecule has 0 atom stereocenters. The highest BCUT2D eigenvalue weighted by Gasteiger charge is 2.20. The van der Waals surface area contributed by atoms with Crippen LogP contribution in [0.3, 0.4) is 0 Å². The smallest absolute Gasteiger partial charge is 0.241 e. The number of anilines is 1. The van der Waals surface area contributed by atoms with Crippen LogP contribution < -0.4 is 14.4 Å². The van der Waals surface area contributed by atoms with Gasteiger partial charge in [0.15, 0.2) is 0 Å². The van der Waals surface area contributed by atoms with Crippen molar-refractivity contribution in [2.75, 3.05) is 39.3 Å². The quantitative estimate of drug-likeness (QED) is 0.681. The summed E-state index contributed by atoms with van der Waals surface area (Å²) in [5, 5.41) is 8.95. The molecule has 0 fully saturated rings. The maximum absolute atomic E-state index is 12.9. The van der Waals surface area contributed by atoms with E-state index in [2.05, 4.69) is 6.07 Å². The molecule has 27 heavy (non-hydrogen) atoms. The first-order valence-electron chi connectivity index (χ1n) is 8.70. The van der Waals surface area contributed by atoms with Crippen LogP contribution in [-0.2, 0) is 11.3 Å². The first kappa shape index (κ1) is 20.3. The number of methoxy groups -OCH3 is 2. The van der Waals surface area contributed by atoms with Crippen molar-refractivity contribution in [1.29, 1.82) is 5.26 Å². The molecule has 2 rings (SSSR count). The molecule has 6 nitrogen and oxygen atoms in total. The molecule has 0 aliphatic rings. The highest BCUT2D eigenvalue weighted by molar-refractivity contribution is 5.96. The molecule has 2 aromatic rings. The van der Waals surface area contributed by atoms with Gasteiger partial charge >= 0.3 is 0 Å². The summed E-state index contributed by atoms with van der Waals surface area (Å²) in [4.78, 5) is 16.5. The van der Waals surface area contributed by atoms with Crippen molar-refractivity contribution < 1.29 is 14.3 Å². The van der Waals surface area contributed by atoms with Gasteiger partial charge in [0.25, 0.3) is 0 Å². The number of amides is 1. The number of benzene rings is 2. The normalized spacial score (nSPS) is 10.3. The van der Waals surface area contributed by atoms with E-state index >= 15 is 0 Å². The summed E-state index contributed by atoms with van der Waals surface area (Å²) in [6.45, 7) is 1.19. The zero-order valence-electron chi connectivity index (χ0n) is 16.0. The molecule has 1 amide bonds. The number of nitriles is 1. The van der Waals surface area contributed by atoms with E-state index in [9.17, 15) is 4.79 Å². The summed E-state index contributed by atoms with van der Waals surface area (Å²) in [6.07, 6.45) is 0.256. The minimum Gasteiger partial charge on any atom is -0.497 e. The predicted octanol–water partition coefficient (Wildman–Crippen LogP) is 3.08. The van der Waals surface area contributed by atoms with Crippen LogP contribution in [0.1, 0.15) is 12.0 Å². The third kappa shape index (κ3) is 5.73. The molecule has 0 N–H and O–H groups in total. The number of carbonyl (C=O) groups excluding carboxylic acids is 1. The summed E-state index contributed by atoms with van der Waals surface area (Å²) in [5.74, 6) is 1.34. The van der Waals surface area contributed by atoms with Gasteiger partial charge in [0, 0.05) is 13.1 Å². The topological polar surface area (TPSA) is 65.8 Å². The summed E-state index contributed by atoms with van der Waals surface area (Å²) < 4.78 is 10.5. The molecule has 0 saturated carbocycles. The number of rotatable bonds is 9. The van der Waals surface area contributed by atoms with Crippen molar-refractivity contribution in [2.24, 2.45) is 0 Å². The van der Waals surface area contributed by atoms with E-state index in [-0.39, 0.29) is 18.9 Å². The van der Waals surface area contributed by atoms with Gasteiger partial charge in [-0.15, -0.1) is 0 Å². The first-order valence-corrected chi connectivity index (χ1v) is 8.70. The molecular weight excluding hydrogens is 342 g/mol. The number of nitrogens with zero attached hydrogens (tertiary/aromatic N) is 3. The lowest BCUT2D eigenvalue weighted by Gasteiger charge is -2.26. The van der Waals surface area contributed by atoms with Gasteiger partial charge in [-0.3, -0.25) is 9.69 Å². The van der Waals surface area contributed by atoms with Crippen LogP contribution in [0.2, 0.25) is 0 Å². The molecule has 0 bridgehead atoms. The van der Waals surface area contributed by atoms with Crippen molar-refractivity contribution in [3.8, 4) is 17.6 Å². The second-order valence-electron chi connectivity index (χ2n) is 6.15. The van der Waals surface area contributed by atoms with E-state index < -0.39 is 0 Å². The van der Waals surface area contributed by atoms with Crippen molar-refractivity contribution in [1.82, 2.24) is 4.90 Å². The third-order valence-electron chi connectivity index (χ3n) is 4.14. The van der Waals surface area contributed by atoms with Crippen LogP contribution in [0, 0.1) is 11.3 Å². The van der Waals surface area contributed by atoms with Crippen molar-refractivity contribution in [3.63, 3.8) is 0 Å². The average Bonchev–Trinajstić information content (AvgIpc) is 2.69. The molecule has 0 aliphatic carbocycles. The summed E-state index contributed by atoms with van der Waals surface area (Å²) in [6, 6.07) is 17.2. The van der Waals surface area contributed by atoms with Gasteiger partial charge in [-0.05, 0) is 36.9 Å². The molecule has 0 heterocycles. The van der Waals surface area contributed by atoms with Gasteiger partial charge in [-0.1, -0.05) is 24.3 Å². The lowest BCUT2D eigenvalue weighted by molar-refractivity contribution is -0.119. The van der Waals surface area contributed by atoms with Crippen molar-refractivity contribution in [2.45, 2.75) is 13.0 Å². The Hall–Kier alpha value is -3.04. The van der Waals surface area contributed by atoms with Gasteiger partial charge in [-0.25, -0.2) is 0 Å². The Kier molecular flexibility index (Phi) is 7.65. The van der Waals surface area contributed by atoms with Crippen LogP contribution in [0.25, 0.3) is 0 Å². The van der Waals surface area contributed by atoms with Gasteiger partial charge in [-0.2, -0.15) is 5.26 Å². The SMILES string of the molecule is COc1ccc(CN(C)CC(=O)N(CCC#N)c2ccccc2OC)cc1. The monoisotopic (exact) mass is 367 g/mol. The first-order chi connectivity index (χ1) is 13.1. The minimum absolute atomic E-state index is 0.0780. The summed E-state index contributed by atoms with van der Waals surface area (Å²) >= 11 is 0. The zero-order chi connectivity index (χ0) is 19.6. The molecule has 6 heteroatoms. The van der Waals surface area contributed by atoms with Crippen LogP contribution >= 0.6 is 0 Å². The minimum atomic E-state index is -0.0780. The third-order valence-corrected chi connectivity index (χ3v) is 4.14. The molecule has 2 aromatic carbocycles. The number of para-hydroxylation sites is 2. The second-order valence-corrected chi connectivity index (χ2v) is 6.15. The van der Waals surface area contributed by atoms with Gasteiger partial charge in [0.1, 0.15) is 11.5 Å². The fourth-order valence-corrected chi connectivity index (χ4v) is 2.81. The predicted molar refractivity (Wildman–Crippen MR) is 105 cm³/mol. The Morgan fingerprint density at radius 2 is 1.78 bits per heavy atom. The Labute approximate surface area is 160 Å². The molecule has 142 valence electrons. The summed E-state index contributed by atoms with van der Waals surface area (Å²) in [5.41, 5.74) is 1.77. The highest BCUT2D eigenvalue weighted by atomic mass is 16.5. The Bertz CT molecular complexity index is 784. The maximum Gasteiger partial charge on any atom is 0.241 e. The lowest BCUT2D eigenvalue weighted by atomic mass is 10.2. The van der Waals surface area contributed by atoms with Crippen LogP contribution in [0.5, 0.6) is 11.5 Å². The van der Waals surface area contributed by atoms with Crippen molar-refractivity contribution >= 4 is 11.6 Å². The molecule has 0 aromatic heterocycles. The average molecular weight is 367 g/mol. The largest absolute Gasteiger partial charge is 0.497 e. The van der Waals surface area contributed by atoms with Gasteiger partial charge in [0.2, 0.25) is 5.91 Å². The Balaban J connectivity index is 2.09. The van der Waals surface area contributed by atoms with E-state index in [0.717, 1.165) is 11.3 Å². The Morgan fingerprint density at radius 1 is 1.07 bits per heavy atom. The van der Waals surface area contributed by atoms with Crippen LogP contribution in [0.15, 0.2) is 48.5 Å². The van der Waals surface area contributed by atoms with Crippen LogP contribution in [-0.4, -0.2) is 45.2 Å². The number of hydrogen-bond acceptors (Lipinski definition) is 5. The standard InChI is InChI=1S/C21H25N3O3/c1-23(15-17-9-11-18(26-2)12-10-17)16-21(25)24(14-6-13-22)19-7-4-5-8-20(19)27-3/h4-5,7-12H,6,14-16H2,1-3H3. The van der Waals surface area contributed by atoms with E-state index in [4.69, 9.17) is 14.7 Å². The van der Waals surface area contributed by atoms with E-state index in [0.29, 0.717) is 24.5 Å². The molecule has 0 saturated heterocycles. The molecule has 0 unspecified atom stereocenters. The van der Waals surface area contributed by atoms with Gasteiger partial charge < -0.3 is 14.4 Å². The van der Waals surface area contributed by atoms with E-state index in [1.54, 1.807) is 19.1 Å². The van der Waals surface area contributed by atoms with E-state index in [1.165, 1.54) is 0 Å². The number of carbonyl (C=O) groups is 1. The number of hydrogen-bond donors (Lipinski definition) is 0. The number of likely N-dealkylation sites (N-methyl/N-ethyl adjacent to an activating group) is 1. The molecular formula is C21H25N3O3.